The smallest absolute Gasteiger partial charge is 0.455 e. The second kappa shape index (κ2) is 17.3. The zero-order chi connectivity index (χ0) is 40.2. The lowest BCUT2D eigenvalue weighted by Gasteiger charge is -2.28. The number of anilines is 2. The molecule has 2 fully saturated rings. The molecule has 302 valence electrons. The molecule has 0 bridgehead atoms. The molecule has 3 aromatic heterocycles. The van der Waals surface area contributed by atoms with Crippen LogP contribution in [-0.4, -0.2) is 134 Å². The number of phosphoric ester groups is 2. The van der Waals surface area contributed by atoms with Gasteiger partial charge in [-0.25, -0.2) is 33.7 Å². The number of hydrogen-bond acceptors (Lipinski definition) is 19. The fourth-order valence-electron chi connectivity index (χ4n) is 5.75. The Morgan fingerprint density at radius 3 is 2.53 bits per heavy atom. The van der Waals surface area contributed by atoms with Crippen molar-refractivity contribution in [2.45, 2.75) is 68.3 Å². The summed E-state index contributed by atoms with van der Waals surface area (Å²) in [7, 11) is -9.02. The molecule has 0 aliphatic carbocycles. The van der Waals surface area contributed by atoms with Crippen molar-refractivity contribution in [2.75, 3.05) is 38.3 Å². The van der Waals surface area contributed by atoms with Crippen LogP contribution in [0.1, 0.15) is 31.7 Å². The number of likely N-dealkylation sites (N-methyl/N-ethyl adjacent to an activating group) is 1. The molecule has 2 aliphatic heterocycles. The van der Waals surface area contributed by atoms with Gasteiger partial charge in [-0.1, -0.05) is 6.08 Å². The summed E-state index contributed by atoms with van der Waals surface area (Å²) < 4.78 is 59.2. The molecular formula is C28H39N9O16P2. The number of aliphatic hydroxyl groups excluding tert-OH is 2. The zero-order valence-electron chi connectivity index (χ0n) is 28.9. The number of nitrogen functional groups attached to an aromatic ring is 2. The average molecular weight is 820 g/mol. The van der Waals surface area contributed by atoms with E-state index >= 15 is 0 Å². The Labute approximate surface area is 310 Å². The lowest BCUT2D eigenvalue weighted by atomic mass is 10.1. The number of ether oxygens (including phenoxy) is 3. The lowest BCUT2D eigenvalue weighted by Crippen LogP contribution is -2.49. The van der Waals surface area contributed by atoms with Crippen molar-refractivity contribution in [1.82, 2.24) is 34.0 Å². The van der Waals surface area contributed by atoms with Crippen LogP contribution in [0.15, 0.2) is 42.4 Å². The van der Waals surface area contributed by atoms with Crippen LogP contribution in [0.25, 0.3) is 11.2 Å². The van der Waals surface area contributed by atoms with Gasteiger partial charge < -0.3 is 55.5 Å². The largest absolute Gasteiger partial charge is 0.472 e. The first-order chi connectivity index (χ1) is 25.9. The molecule has 2 aliphatic rings. The fraction of sp³-hybridized carbons (Fsp3) is 0.536. The number of rotatable bonds is 17. The van der Waals surface area contributed by atoms with Crippen LogP contribution in [0.2, 0.25) is 0 Å². The number of nitrogens with zero attached hydrogens (tertiary/aromatic N) is 7. The molecular weight excluding hydrogens is 780 g/mol. The summed E-state index contributed by atoms with van der Waals surface area (Å²) in [6.07, 6.45) is -5.66. The average Bonchev–Trinajstić information content (AvgIpc) is 3.81. The van der Waals surface area contributed by atoms with E-state index < -0.39 is 102 Å². The van der Waals surface area contributed by atoms with Gasteiger partial charge in [0.1, 0.15) is 48.3 Å². The van der Waals surface area contributed by atoms with Crippen LogP contribution < -0.4 is 17.2 Å². The number of imidazole rings is 1. The van der Waals surface area contributed by atoms with Crippen LogP contribution in [0.4, 0.5) is 11.6 Å². The van der Waals surface area contributed by atoms with E-state index in [1.54, 1.807) is 0 Å². The van der Waals surface area contributed by atoms with Gasteiger partial charge in [-0.2, -0.15) is 4.98 Å². The van der Waals surface area contributed by atoms with Crippen molar-refractivity contribution in [3.8, 4) is 0 Å². The summed E-state index contributed by atoms with van der Waals surface area (Å²) in [6.45, 7) is 0.898. The number of esters is 1. The second-order valence-corrected chi connectivity index (χ2v) is 14.8. The van der Waals surface area contributed by atoms with E-state index in [2.05, 4.69) is 31.0 Å². The number of phosphoric acid groups is 2. The van der Waals surface area contributed by atoms with Crippen LogP contribution >= 0.6 is 15.6 Å². The predicted molar refractivity (Wildman–Crippen MR) is 183 cm³/mol. The van der Waals surface area contributed by atoms with Crippen molar-refractivity contribution >= 4 is 50.3 Å². The summed E-state index contributed by atoms with van der Waals surface area (Å²) >= 11 is 0. The summed E-state index contributed by atoms with van der Waals surface area (Å²) in [5.74, 6) is -1.82. The monoisotopic (exact) mass is 819 g/mol. The molecule has 0 saturated carbocycles. The molecule has 27 heteroatoms. The number of allylic oxidation sites excluding steroid dienone is 1. The van der Waals surface area contributed by atoms with Gasteiger partial charge in [0.2, 0.25) is 5.91 Å². The summed E-state index contributed by atoms with van der Waals surface area (Å²) in [5, 5.41) is 21.5. The van der Waals surface area contributed by atoms with Gasteiger partial charge in [-0.15, -0.1) is 6.58 Å². The molecule has 0 aromatic carbocycles. The topological polar surface area (TPSA) is 359 Å². The summed E-state index contributed by atoms with van der Waals surface area (Å²) in [5.41, 5.74) is 10.8. The molecule has 5 rings (SSSR count). The number of aromatic nitrogens is 6. The SMILES string of the molecule is C=CCCC(=O)N(C)[C@@H](CO)C(=O)O[C@H]1[C@@H](O)[C@H](n2cnc3c(N)ncnc32)O[C@@H]1COP(=O)(O)OC1C[C@H](n2ccc(N)nc2=O)O[C@@H]1COP(=O)(O)O. The molecule has 2 unspecified atom stereocenters. The van der Waals surface area contributed by atoms with Crippen LogP contribution in [0.3, 0.4) is 0 Å². The number of nitrogens with two attached hydrogens (primary N) is 2. The molecule has 55 heavy (non-hydrogen) atoms. The second-order valence-electron chi connectivity index (χ2n) is 12.2. The summed E-state index contributed by atoms with van der Waals surface area (Å²) in [6, 6.07) is -0.270. The van der Waals surface area contributed by atoms with Crippen molar-refractivity contribution in [3.63, 3.8) is 0 Å². The first kappa shape index (κ1) is 41.9. The predicted octanol–water partition coefficient (Wildman–Crippen LogP) is -1.90. The van der Waals surface area contributed by atoms with E-state index in [-0.39, 0.29) is 42.1 Å². The number of aliphatic hydroxyl groups is 2. The molecule has 0 radical (unpaired) electrons. The van der Waals surface area contributed by atoms with Gasteiger partial charge in [-0.3, -0.25) is 27.5 Å². The fourth-order valence-corrected chi connectivity index (χ4v) is 7.05. The normalized spacial score (nSPS) is 25.7. The minimum atomic E-state index is -5.22. The molecule has 0 spiro atoms. The molecule has 25 nitrogen and oxygen atoms in total. The van der Waals surface area contributed by atoms with Crippen LogP contribution in [-0.2, 0) is 46.5 Å². The van der Waals surface area contributed by atoms with Gasteiger partial charge in [0.15, 0.2) is 29.8 Å². The standard InChI is InChI=1S/C28H39N9O16P2/c1-3-4-5-19(39)35(2)14(9-38)27(41)52-23-17(51-26(22(23)40)37-13-33-21-24(30)31-12-32-25(21)37)11-49-55(46,47)53-15-8-20(36-7-6-18(29)34-28(36)42)50-16(15)10-48-54(43,44)45/h3,6-7,12-17,20,22-23,26,38,40H,1,4-5,8-11H2,2H3,(H,46,47)(H2,29,34,42)(H2,30,31,32)(H2,43,44,45)/t14-,15?,16+,17+,20+,22+,23+,26+/m0/s1. The maximum atomic E-state index is 13.4. The summed E-state index contributed by atoms with van der Waals surface area (Å²) in [4.78, 5) is 84.3. The number of carbonyl (C=O) groups is 2. The van der Waals surface area contributed by atoms with Gasteiger partial charge in [0, 0.05) is 26.1 Å². The Balaban J connectivity index is 1.36. The van der Waals surface area contributed by atoms with E-state index in [4.69, 9.17) is 34.7 Å². The third-order valence-electron chi connectivity index (χ3n) is 8.51. The van der Waals surface area contributed by atoms with Crippen LogP contribution in [0, 0.1) is 0 Å². The highest BCUT2D eigenvalue weighted by atomic mass is 31.2. The Bertz CT molecular complexity index is 2030. The van der Waals surface area contributed by atoms with E-state index in [1.807, 2.05) is 0 Å². The first-order valence-electron chi connectivity index (χ1n) is 16.2. The van der Waals surface area contributed by atoms with Gasteiger partial charge >= 0.3 is 27.3 Å². The van der Waals surface area contributed by atoms with Crippen molar-refractivity contribution < 1.29 is 71.4 Å². The van der Waals surface area contributed by atoms with Crippen molar-refractivity contribution in [2.24, 2.45) is 0 Å². The Hall–Kier alpha value is -4.23. The van der Waals surface area contributed by atoms with E-state index in [1.165, 1.54) is 36.3 Å². The van der Waals surface area contributed by atoms with Crippen molar-refractivity contribution in [3.05, 3.63) is 48.1 Å². The minimum absolute atomic E-state index is 0.00688. The lowest BCUT2D eigenvalue weighted by molar-refractivity contribution is -0.166. The quantitative estimate of drug-likeness (QED) is 0.0444. The Morgan fingerprint density at radius 2 is 1.85 bits per heavy atom. The Kier molecular flexibility index (Phi) is 13.2. The number of fused-ring (bicyclic) bond motifs is 1. The van der Waals surface area contributed by atoms with Gasteiger partial charge in [0.05, 0.1) is 26.1 Å². The minimum Gasteiger partial charge on any atom is -0.455 e. The Morgan fingerprint density at radius 1 is 1.13 bits per heavy atom. The van der Waals surface area contributed by atoms with Crippen LogP contribution in [0.5, 0.6) is 0 Å². The first-order valence-corrected chi connectivity index (χ1v) is 19.3. The number of hydrogen-bond donors (Lipinski definition) is 7. The third-order valence-corrected chi connectivity index (χ3v) is 10.0. The molecule has 9 atom stereocenters. The van der Waals surface area contributed by atoms with E-state index in [0.29, 0.717) is 0 Å². The molecule has 5 heterocycles. The number of carbonyl (C=O) groups excluding carboxylic acids is 2. The molecule has 1 amide bonds. The van der Waals surface area contributed by atoms with Gasteiger partial charge in [-0.05, 0) is 12.5 Å². The molecule has 9 N–H and O–H groups in total. The zero-order valence-corrected chi connectivity index (χ0v) is 30.7. The third kappa shape index (κ3) is 9.96. The van der Waals surface area contributed by atoms with Gasteiger partial charge in [0.25, 0.3) is 0 Å². The number of amides is 1. The molecule has 2 saturated heterocycles. The highest BCUT2D eigenvalue weighted by Crippen LogP contribution is 2.50. The maximum absolute atomic E-state index is 13.4. The van der Waals surface area contributed by atoms with Crippen molar-refractivity contribution in [1.29, 1.82) is 0 Å². The maximum Gasteiger partial charge on any atom is 0.472 e. The highest BCUT2D eigenvalue weighted by molar-refractivity contribution is 7.47. The molecule has 3 aromatic rings. The van der Waals surface area contributed by atoms with E-state index in [0.717, 1.165) is 15.8 Å². The highest BCUT2D eigenvalue weighted by Gasteiger charge is 2.50. The van der Waals surface area contributed by atoms with E-state index in [9.17, 15) is 48.4 Å².